The van der Waals surface area contributed by atoms with Crippen molar-refractivity contribution in [3.05, 3.63) is 188 Å². The van der Waals surface area contributed by atoms with Gasteiger partial charge < -0.3 is 110 Å². The van der Waals surface area contributed by atoms with Crippen molar-refractivity contribution in [1.82, 2.24) is 0 Å². The average molecular weight is 2160 g/mol. The second-order valence-corrected chi connectivity index (χ2v) is 43.1. The molecule has 0 aromatic heterocycles. The number of hydrogen-bond acceptors (Lipinski definition) is 23. The fourth-order valence-corrected chi connectivity index (χ4v) is 24.6. The molecule has 0 amide bonds. The zero-order valence-corrected chi connectivity index (χ0v) is 88.4. The largest absolute Gasteiger partial charge is 1.00 e. The van der Waals surface area contributed by atoms with Crippen molar-refractivity contribution in [2.75, 3.05) is 155 Å². The molecule has 15 fully saturated rings. The third-order valence-corrected chi connectivity index (χ3v) is 33.7. The molecule has 8 saturated carbocycles. The van der Waals surface area contributed by atoms with Gasteiger partial charge in [-0.25, -0.2) is 8.78 Å². The number of nitrogens with one attached hydrogen (secondary N) is 1. The third-order valence-electron chi connectivity index (χ3n) is 29.2. The highest BCUT2D eigenvalue weighted by Crippen LogP contribution is 2.56. The number of ether oxygens (including phenoxy) is 13. The summed E-state index contributed by atoms with van der Waals surface area (Å²) in [5.74, 6) is 0.428. The number of esters is 2. The van der Waals surface area contributed by atoms with Crippen LogP contribution in [-0.2, 0) is 80.8 Å². The number of nitrogen functional groups attached to an aromatic ring is 1. The van der Waals surface area contributed by atoms with Crippen LogP contribution in [-0.4, -0.2) is 234 Å². The van der Waals surface area contributed by atoms with E-state index in [1.165, 1.54) is 163 Å². The van der Waals surface area contributed by atoms with Crippen molar-refractivity contribution in [2.45, 2.75) is 260 Å². The van der Waals surface area contributed by atoms with Gasteiger partial charge in [-0.15, -0.1) is 36.4 Å². The number of ketones is 2. The first kappa shape index (κ1) is 122. The number of allylic oxidation sites excluding steroid dienone is 1. The first-order valence-corrected chi connectivity index (χ1v) is 55.2. The van der Waals surface area contributed by atoms with Gasteiger partial charge in [-0.05, 0) is 194 Å². The molecule has 8 aliphatic heterocycles. The van der Waals surface area contributed by atoms with Gasteiger partial charge in [0.05, 0.1) is 150 Å². The van der Waals surface area contributed by atoms with Gasteiger partial charge in [0.1, 0.15) is 81.6 Å². The van der Waals surface area contributed by atoms with Crippen LogP contribution >= 0.6 is 46.4 Å². The molecule has 141 heavy (non-hydrogen) atoms. The lowest BCUT2D eigenvalue weighted by Crippen LogP contribution is -3.00. The van der Waals surface area contributed by atoms with E-state index in [9.17, 15) is 33.1 Å². The number of benzene rings is 5. The van der Waals surface area contributed by atoms with Crippen LogP contribution < -0.4 is 43.9 Å². The number of anilines is 2. The predicted octanol–water partition coefficient (Wildman–Crippen LogP) is 16.9. The number of methoxy groups -OCH3 is 2. The summed E-state index contributed by atoms with van der Waals surface area (Å²) in [6.07, 6.45) is 42.3. The first-order valence-electron chi connectivity index (χ1n) is 50.8. The number of nitrogens with two attached hydrogens (primary N) is 1. The Labute approximate surface area is 868 Å². The van der Waals surface area contributed by atoms with Crippen molar-refractivity contribution < 1.29 is 127 Å². The molecule has 23 nitrogen and oxygen atoms in total. The third kappa shape index (κ3) is 37.3. The molecule has 21 rings (SSSR count). The normalized spacial score (nSPS) is 28.1. The highest BCUT2D eigenvalue weighted by Gasteiger charge is 2.65. The van der Waals surface area contributed by atoms with Crippen LogP contribution in [0.2, 0.25) is 0 Å². The second-order valence-electron chi connectivity index (χ2n) is 38.1. The number of halogens is 6. The van der Waals surface area contributed by atoms with Gasteiger partial charge in [-0.1, -0.05) is 172 Å². The SMILES string of the molecule is C.C1=C2CCCCC2COC1.C1CC[C@]23OC2COC[C@@H]3C1.C1CC[C@]23OC2COC[C@H]3C1.C=CCBr.C=CCOCC1CCCCC1=O.COC(=O)C1CCCCC12OCCO2.COC(=O)C1CCCCC1=O.C[P+](c1ccccc1)(c1ccccc1)c1ccccc1.ClCCl.Nc1ccc(F)cc1.OCC1CCCCC12OCCO2.OCCO.O[C@]12CCCC[C@@H]1COC[C@H]2Nc1ccc(F)cc1.[Br-]. The highest BCUT2D eigenvalue weighted by molar-refractivity contribution is 9.09. The van der Waals surface area contributed by atoms with E-state index >= 15 is 0 Å². The molecule has 7 saturated heterocycles. The summed E-state index contributed by atoms with van der Waals surface area (Å²) < 4.78 is 95.3. The molecule has 5 aromatic carbocycles. The number of fused-ring (bicyclic) bond motifs is 2. The molecule has 0 bridgehead atoms. The van der Waals surface area contributed by atoms with Crippen LogP contribution in [0, 0.1) is 59.0 Å². The van der Waals surface area contributed by atoms with E-state index in [4.69, 9.17) is 101 Å². The van der Waals surface area contributed by atoms with Crippen LogP contribution in [0.3, 0.4) is 0 Å². The number of aliphatic hydroxyl groups excluding tert-OH is 3. The van der Waals surface area contributed by atoms with E-state index in [1.807, 2.05) is 0 Å². The lowest BCUT2D eigenvalue weighted by Gasteiger charge is -2.48. The van der Waals surface area contributed by atoms with E-state index in [0.29, 0.717) is 101 Å². The topological polar surface area (TPSA) is 314 Å². The van der Waals surface area contributed by atoms with Crippen LogP contribution in [0.1, 0.15) is 213 Å². The highest BCUT2D eigenvalue weighted by atomic mass is 79.9. The van der Waals surface area contributed by atoms with Crippen LogP contribution in [0.5, 0.6) is 0 Å². The molecule has 7 N–H and O–H groups in total. The smallest absolute Gasteiger partial charge is 0.316 e. The van der Waals surface area contributed by atoms with Crippen molar-refractivity contribution in [3.63, 3.8) is 0 Å². The molecule has 7 unspecified atom stereocenters. The minimum Gasteiger partial charge on any atom is -1.00 e. The van der Waals surface area contributed by atoms with Crippen molar-refractivity contribution in [2.24, 2.45) is 47.3 Å². The van der Waals surface area contributed by atoms with Crippen molar-refractivity contribution >= 4 is 97.2 Å². The molecule has 790 valence electrons. The summed E-state index contributed by atoms with van der Waals surface area (Å²) in [6, 6.07) is 44.5. The van der Waals surface area contributed by atoms with Gasteiger partial charge in [0.15, 0.2) is 11.6 Å². The fourth-order valence-electron chi connectivity index (χ4n) is 21.4. The standard InChI is InChI=1S/C19H18P.C15H20FNO2.C10H16O4.C10H16O2.C9H16O3.2C9H14O2.C9H14O.C8H12O3.C6H6FN.C3H5Br.C2H6O2.CH2Cl2.CH4.BrH/c1-20(17-11-5-2-6-12-17,18-13-7-3-8-14-18)19-15-9-4-10-16-19;16-12-4-6-13(7-5-12)17-14-10-19-9-11-3-1-2-8-15(11,14)18;1-12-9(11)8-4-2-3-5-10(8)13-6-7-14-10;1-2-7-12-8-9-5-3-4-6-10(9)11;10-7-8-3-1-2-4-9(8)11-5-6-12-9;2*1-2-4-9-7(3-1)5-10-6-8(9)11-9;1-2-4-9-7-10-6-5-8(9)3-1;1-11-8(10)6-4-2-3-5-7(6)9;7-5-1-3-6(8)4-2-5;1-2-3-4;3-1-2-4;2-1-3;;/h2-16H,1H3;4-7,11,14,17-18H,1-3,8-10H2;8H,2-7H2,1H3;2,9H,1,3-8H2;8,10H,1-7H2;2*7-8H,1-6H2;5,9H,1-4,6-7H2;6H,2-5H2,1H3;1-4H,8H2;2H,1,3H2;3-4H,1-2H2;1H2;1H4;1H/q+1;;;;;;;;;;;;;;/p-1/t;11-,14-,15-;;;;7-,8?,9+;7-,8?,9-;;;;;;;;/m.1...01......../s1. The molecule has 4 spiro atoms. The van der Waals surface area contributed by atoms with Gasteiger partial charge >= 0.3 is 11.9 Å². The Morgan fingerprint density at radius 1 is 0.532 bits per heavy atom. The molecular weight excluding hydrogens is 2000 g/mol. The molecule has 8 aliphatic carbocycles. The monoisotopic (exact) mass is 2160 g/mol. The summed E-state index contributed by atoms with van der Waals surface area (Å²) in [7, 11) is 1.21. The number of aliphatic hydroxyl groups is 4. The van der Waals surface area contributed by atoms with E-state index < -0.39 is 30.4 Å². The van der Waals surface area contributed by atoms with Crippen LogP contribution in [0.25, 0.3) is 0 Å². The Kier molecular flexibility index (Phi) is 57.3. The Morgan fingerprint density at radius 3 is 1.46 bits per heavy atom. The average Bonchev–Trinajstić information content (AvgIpc) is 1.56. The molecule has 8 heterocycles. The minimum absolute atomic E-state index is 0. The number of alkyl halides is 3. The molecule has 30 heteroatoms. The molecule has 14 atom stereocenters. The Bertz CT molecular complexity index is 4180. The quantitative estimate of drug-likeness (QED) is 0.00879. The van der Waals surface area contributed by atoms with Crippen LogP contribution in [0.4, 0.5) is 20.2 Å². The molecule has 0 radical (unpaired) electrons. The minimum atomic E-state index is -1.53. The Morgan fingerprint density at radius 2 is 0.979 bits per heavy atom. The van der Waals surface area contributed by atoms with E-state index in [0.717, 1.165) is 165 Å². The number of epoxide rings is 2. The van der Waals surface area contributed by atoms with Crippen LogP contribution in [0.15, 0.2) is 176 Å². The Balaban J connectivity index is 0.000000212. The number of carbonyl (C=O) groups is 4. The van der Waals surface area contributed by atoms with Gasteiger partial charge in [-0.2, -0.15) is 0 Å². The molecule has 16 aliphatic rings. The lowest BCUT2D eigenvalue weighted by molar-refractivity contribution is -0.221. The van der Waals surface area contributed by atoms with Gasteiger partial charge in [0, 0.05) is 77.9 Å². The summed E-state index contributed by atoms with van der Waals surface area (Å²) in [6.45, 7) is 19.7. The number of carbonyl (C=O) groups excluding carboxylic acids is 4. The zero-order chi connectivity index (χ0) is 99.6. The maximum atomic E-state index is 12.9. The second kappa shape index (κ2) is 66.0. The number of Topliss-reactive ketones (excluding diaryl/α,β-unsaturated/α-hetero) is 2. The van der Waals surface area contributed by atoms with E-state index in [-0.39, 0.29) is 109 Å². The van der Waals surface area contributed by atoms with Crippen molar-refractivity contribution in [1.29, 1.82) is 0 Å². The molecule has 5 aromatic rings. The zero-order valence-electron chi connectivity index (χ0n) is 82.9. The molecular formula is C111H163Br2Cl2F2N2O21P. The van der Waals surface area contributed by atoms with Gasteiger partial charge in [0.2, 0.25) is 0 Å². The number of hydrogen-bond donors (Lipinski definition) is 6. The summed E-state index contributed by atoms with van der Waals surface area (Å²) >= 11 is 12.7. The summed E-state index contributed by atoms with van der Waals surface area (Å²) in [5.41, 5.74) is 8.30. The van der Waals surface area contributed by atoms with Crippen molar-refractivity contribution in [3.8, 4) is 0 Å². The summed E-state index contributed by atoms with van der Waals surface area (Å²) in [5, 5.41) is 44.0. The lowest BCUT2D eigenvalue weighted by atomic mass is 9.70. The predicted molar refractivity (Wildman–Crippen MR) is 556 cm³/mol. The number of rotatable bonds is 14. The first-order chi connectivity index (χ1) is 67.6. The maximum Gasteiger partial charge on any atom is 0.316 e. The maximum absolute atomic E-state index is 12.9. The van der Waals surface area contributed by atoms with Gasteiger partial charge in [-0.3, -0.25) is 19.2 Å². The van der Waals surface area contributed by atoms with E-state index in [2.05, 4.69) is 143 Å². The van der Waals surface area contributed by atoms with E-state index in [1.54, 1.807) is 29.9 Å². The summed E-state index contributed by atoms with van der Waals surface area (Å²) in [4.78, 5) is 44.9. The van der Waals surface area contributed by atoms with Gasteiger partial charge in [0.25, 0.3) is 0 Å². The Hall–Kier alpha value is -5.57. The fraction of sp³-hybridized carbons (Fsp3) is 0.640.